The van der Waals surface area contributed by atoms with Gasteiger partial charge in [-0.05, 0) is 12.5 Å². The Morgan fingerprint density at radius 1 is 1.80 bits per heavy atom. The second kappa shape index (κ2) is 5.09. The predicted molar refractivity (Wildman–Crippen MR) is 52.2 cm³/mol. The fourth-order valence-corrected chi connectivity index (χ4v) is 1.72. The SMILES string of the molecule is COC[C@@H](C(=O)O)N1CC(CN)CC1=O. The summed E-state index contributed by atoms with van der Waals surface area (Å²) in [6.07, 6.45) is 0.337. The van der Waals surface area contributed by atoms with Crippen LogP contribution in [0.2, 0.25) is 0 Å². The Morgan fingerprint density at radius 2 is 2.47 bits per heavy atom. The molecule has 0 aromatic rings. The molecule has 3 N–H and O–H groups in total. The van der Waals surface area contributed by atoms with Crippen LogP contribution in [-0.2, 0) is 14.3 Å². The van der Waals surface area contributed by atoms with Gasteiger partial charge in [-0.3, -0.25) is 4.79 Å². The lowest BCUT2D eigenvalue weighted by atomic mass is 10.1. The van der Waals surface area contributed by atoms with Gasteiger partial charge in [-0.25, -0.2) is 4.79 Å². The van der Waals surface area contributed by atoms with Crippen LogP contribution in [0, 0.1) is 5.92 Å². The van der Waals surface area contributed by atoms with Gasteiger partial charge in [0.15, 0.2) is 6.04 Å². The van der Waals surface area contributed by atoms with E-state index >= 15 is 0 Å². The van der Waals surface area contributed by atoms with Gasteiger partial charge in [0.25, 0.3) is 0 Å². The van der Waals surface area contributed by atoms with E-state index in [0.29, 0.717) is 19.5 Å². The van der Waals surface area contributed by atoms with E-state index in [9.17, 15) is 9.59 Å². The van der Waals surface area contributed by atoms with Crippen molar-refractivity contribution in [1.82, 2.24) is 4.90 Å². The summed E-state index contributed by atoms with van der Waals surface area (Å²) < 4.78 is 4.79. The van der Waals surface area contributed by atoms with Gasteiger partial charge >= 0.3 is 5.97 Å². The number of methoxy groups -OCH3 is 1. The summed E-state index contributed by atoms with van der Waals surface area (Å²) in [7, 11) is 1.41. The number of nitrogens with zero attached hydrogens (tertiary/aromatic N) is 1. The van der Waals surface area contributed by atoms with Crippen molar-refractivity contribution < 1.29 is 19.4 Å². The van der Waals surface area contributed by atoms with Gasteiger partial charge in [-0.1, -0.05) is 0 Å². The van der Waals surface area contributed by atoms with Crippen LogP contribution >= 0.6 is 0 Å². The highest BCUT2D eigenvalue weighted by Gasteiger charge is 2.36. The largest absolute Gasteiger partial charge is 0.480 e. The molecule has 15 heavy (non-hydrogen) atoms. The van der Waals surface area contributed by atoms with Crippen molar-refractivity contribution in [2.45, 2.75) is 12.5 Å². The zero-order valence-corrected chi connectivity index (χ0v) is 8.68. The molecule has 0 aromatic carbocycles. The van der Waals surface area contributed by atoms with E-state index in [1.807, 2.05) is 0 Å². The van der Waals surface area contributed by atoms with Crippen LogP contribution < -0.4 is 5.73 Å². The van der Waals surface area contributed by atoms with Crippen LogP contribution in [0.1, 0.15) is 6.42 Å². The number of amides is 1. The van der Waals surface area contributed by atoms with Crippen LogP contribution in [-0.4, -0.2) is 54.7 Å². The van der Waals surface area contributed by atoms with E-state index in [0.717, 1.165) is 0 Å². The second-order valence-corrected chi connectivity index (χ2v) is 3.66. The van der Waals surface area contributed by atoms with Crippen molar-refractivity contribution in [3.63, 3.8) is 0 Å². The van der Waals surface area contributed by atoms with Crippen LogP contribution in [0.4, 0.5) is 0 Å². The summed E-state index contributed by atoms with van der Waals surface area (Å²) in [5, 5.41) is 8.94. The minimum atomic E-state index is -1.04. The van der Waals surface area contributed by atoms with E-state index in [-0.39, 0.29) is 18.4 Å². The Morgan fingerprint density at radius 3 is 2.87 bits per heavy atom. The molecule has 6 nitrogen and oxygen atoms in total. The fraction of sp³-hybridized carbons (Fsp3) is 0.778. The van der Waals surface area contributed by atoms with Gasteiger partial charge in [0.05, 0.1) is 6.61 Å². The number of likely N-dealkylation sites (tertiary alicyclic amines) is 1. The molecule has 0 saturated carbocycles. The van der Waals surface area contributed by atoms with Crippen molar-refractivity contribution in [3.8, 4) is 0 Å². The molecule has 1 aliphatic rings. The zero-order valence-electron chi connectivity index (χ0n) is 8.68. The highest BCUT2D eigenvalue weighted by Crippen LogP contribution is 2.19. The zero-order chi connectivity index (χ0) is 11.4. The average Bonchev–Trinajstić information content (AvgIpc) is 2.55. The van der Waals surface area contributed by atoms with E-state index in [4.69, 9.17) is 15.6 Å². The molecule has 0 spiro atoms. The number of rotatable bonds is 5. The maximum atomic E-state index is 11.5. The molecule has 1 aliphatic heterocycles. The predicted octanol–water partition coefficient (Wildman–Crippen LogP) is -1.11. The molecule has 0 aromatic heterocycles. The van der Waals surface area contributed by atoms with Crippen molar-refractivity contribution in [2.24, 2.45) is 11.7 Å². The first-order valence-electron chi connectivity index (χ1n) is 4.81. The first kappa shape index (κ1) is 11.9. The van der Waals surface area contributed by atoms with Gasteiger partial charge in [-0.15, -0.1) is 0 Å². The lowest BCUT2D eigenvalue weighted by Gasteiger charge is -2.23. The molecular formula is C9H16N2O4. The summed E-state index contributed by atoms with van der Waals surface area (Å²) >= 11 is 0. The van der Waals surface area contributed by atoms with E-state index in [2.05, 4.69) is 0 Å². The Kier molecular flexibility index (Phi) is 4.05. The van der Waals surface area contributed by atoms with Gasteiger partial charge in [0.1, 0.15) is 0 Å². The number of carbonyl (C=O) groups is 2. The van der Waals surface area contributed by atoms with Crippen molar-refractivity contribution in [2.75, 3.05) is 26.8 Å². The molecule has 0 bridgehead atoms. The first-order valence-corrected chi connectivity index (χ1v) is 4.81. The molecule has 86 valence electrons. The van der Waals surface area contributed by atoms with E-state index < -0.39 is 12.0 Å². The Hall–Kier alpha value is -1.14. The van der Waals surface area contributed by atoms with Crippen molar-refractivity contribution >= 4 is 11.9 Å². The number of hydrogen-bond donors (Lipinski definition) is 2. The summed E-state index contributed by atoms with van der Waals surface area (Å²) in [6.45, 7) is 0.829. The lowest BCUT2D eigenvalue weighted by Crippen LogP contribution is -2.45. The van der Waals surface area contributed by atoms with Crippen LogP contribution in [0.25, 0.3) is 0 Å². The van der Waals surface area contributed by atoms with Gasteiger partial charge in [0, 0.05) is 20.1 Å². The second-order valence-electron chi connectivity index (χ2n) is 3.66. The molecule has 1 amide bonds. The molecule has 1 rings (SSSR count). The third-order valence-electron chi connectivity index (χ3n) is 2.56. The first-order chi connectivity index (χ1) is 7.10. The molecular weight excluding hydrogens is 200 g/mol. The molecule has 1 fully saturated rings. The maximum absolute atomic E-state index is 11.5. The number of ether oxygens (including phenoxy) is 1. The number of hydrogen-bond acceptors (Lipinski definition) is 4. The monoisotopic (exact) mass is 216 g/mol. The third-order valence-corrected chi connectivity index (χ3v) is 2.56. The number of nitrogens with two attached hydrogens (primary N) is 1. The summed E-state index contributed by atoms with van der Waals surface area (Å²) in [6, 6.07) is -0.890. The normalized spacial score (nSPS) is 23.2. The summed E-state index contributed by atoms with van der Waals surface area (Å²) in [4.78, 5) is 23.8. The molecule has 6 heteroatoms. The minimum Gasteiger partial charge on any atom is -0.480 e. The molecule has 0 radical (unpaired) electrons. The van der Waals surface area contributed by atoms with E-state index in [1.165, 1.54) is 12.0 Å². The molecule has 0 aliphatic carbocycles. The third kappa shape index (κ3) is 2.66. The van der Waals surface area contributed by atoms with Crippen molar-refractivity contribution in [1.29, 1.82) is 0 Å². The molecule has 1 heterocycles. The van der Waals surface area contributed by atoms with Crippen LogP contribution in [0.5, 0.6) is 0 Å². The quantitative estimate of drug-likeness (QED) is 0.608. The van der Waals surface area contributed by atoms with Crippen LogP contribution in [0.15, 0.2) is 0 Å². The standard InChI is InChI=1S/C9H16N2O4/c1-15-5-7(9(13)14)11-4-6(3-10)2-8(11)12/h6-7H,2-5,10H2,1H3,(H,13,14)/t6?,7-/m0/s1. The van der Waals surface area contributed by atoms with Crippen LogP contribution in [0.3, 0.4) is 0 Å². The maximum Gasteiger partial charge on any atom is 0.328 e. The summed E-state index contributed by atoms with van der Waals surface area (Å²) in [5.41, 5.74) is 5.45. The van der Waals surface area contributed by atoms with Gasteiger partial charge in [-0.2, -0.15) is 0 Å². The number of aliphatic carboxylic acids is 1. The van der Waals surface area contributed by atoms with Gasteiger partial charge < -0.3 is 20.5 Å². The Labute approximate surface area is 88.0 Å². The summed E-state index contributed by atoms with van der Waals surface area (Å²) in [5.74, 6) is -1.13. The average molecular weight is 216 g/mol. The molecule has 1 saturated heterocycles. The molecule has 1 unspecified atom stereocenters. The number of carboxylic acid groups (broad SMARTS) is 1. The highest BCUT2D eigenvalue weighted by atomic mass is 16.5. The van der Waals surface area contributed by atoms with Gasteiger partial charge in [0.2, 0.25) is 5.91 Å². The highest BCUT2D eigenvalue weighted by molar-refractivity contribution is 5.85. The van der Waals surface area contributed by atoms with E-state index in [1.54, 1.807) is 0 Å². The fourth-order valence-electron chi connectivity index (χ4n) is 1.72. The van der Waals surface area contributed by atoms with Crippen molar-refractivity contribution in [3.05, 3.63) is 0 Å². The topological polar surface area (TPSA) is 92.9 Å². The smallest absolute Gasteiger partial charge is 0.328 e. The number of carbonyl (C=O) groups excluding carboxylic acids is 1. The Balaban J connectivity index is 2.68. The number of carboxylic acids is 1. The minimum absolute atomic E-state index is 0.0123. The lowest BCUT2D eigenvalue weighted by molar-refractivity contribution is -0.150. The molecule has 2 atom stereocenters. The Bertz CT molecular complexity index is 256.